The normalized spacial score (nSPS) is 12.4. The van der Waals surface area contributed by atoms with Gasteiger partial charge in [0.2, 0.25) is 5.91 Å². The summed E-state index contributed by atoms with van der Waals surface area (Å²) in [6.07, 6.45) is 0. The largest absolute Gasteiger partial charge is 0.368 e. The van der Waals surface area contributed by atoms with Gasteiger partial charge < -0.3 is 5.73 Å². The molecule has 2 N–H and O–H groups in total. The fourth-order valence-corrected chi connectivity index (χ4v) is 4.20. The summed E-state index contributed by atoms with van der Waals surface area (Å²) in [4.78, 5) is 46.6. The van der Waals surface area contributed by atoms with Gasteiger partial charge in [-0.2, -0.15) is 0 Å². The van der Waals surface area contributed by atoms with Gasteiger partial charge in [-0.1, -0.05) is 55.9 Å². The van der Waals surface area contributed by atoms with Crippen molar-refractivity contribution in [3.8, 4) is 0 Å². The van der Waals surface area contributed by atoms with E-state index in [2.05, 4.69) is 9.97 Å². The van der Waals surface area contributed by atoms with Crippen molar-refractivity contribution in [2.45, 2.75) is 37.6 Å². The number of aromatic nitrogens is 4. The summed E-state index contributed by atoms with van der Waals surface area (Å²) in [6, 6.07) is 9.07. The molecule has 29 heavy (non-hydrogen) atoms. The topological polar surface area (TPSA) is 113 Å². The van der Waals surface area contributed by atoms with Gasteiger partial charge in [0.1, 0.15) is 21.5 Å². The molecule has 0 saturated heterocycles. The van der Waals surface area contributed by atoms with Crippen LogP contribution in [0, 0.1) is 12.8 Å². The number of carbonyl (C=O) groups excluding carboxylic acids is 1. The summed E-state index contributed by atoms with van der Waals surface area (Å²) in [5.74, 6) is 0.0295. The van der Waals surface area contributed by atoms with Crippen molar-refractivity contribution in [3.05, 3.63) is 62.6 Å². The number of benzene rings is 1. The molecule has 3 aromatic rings. The van der Waals surface area contributed by atoms with Crippen molar-refractivity contribution in [1.29, 1.82) is 0 Å². The van der Waals surface area contributed by atoms with Gasteiger partial charge in [0.15, 0.2) is 5.65 Å². The number of hydrogen-bond acceptors (Lipinski definition) is 6. The lowest BCUT2D eigenvalue weighted by Crippen LogP contribution is -2.39. The van der Waals surface area contributed by atoms with Crippen LogP contribution >= 0.6 is 11.8 Å². The molecular formula is C20H23N5O3S. The summed E-state index contributed by atoms with van der Waals surface area (Å²) in [5.41, 5.74) is 5.70. The van der Waals surface area contributed by atoms with Crippen molar-refractivity contribution < 1.29 is 4.79 Å². The van der Waals surface area contributed by atoms with Crippen LogP contribution in [0.1, 0.15) is 30.5 Å². The Morgan fingerprint density at radius 2 is 1.83 bits per heavy atom. The van der Waals surface area contributed by atoms with Crippen molar-refractivity contribution in [3.63, 3.8) is 0 Å². The number of hydrogen-bond donors (Lipinski definition) is 1. The van der Waals surface area contributed by atoms with Crippen LogP contribution in [-0.4, -0.2) is 25.0 Å². The van der Waals surface area contributed by atoms with E-state index in [0.717, 1.165) is 16.3 Å². The average molecular weight is 414 g/mol. The van der Waals surface area contributed by atoms with Crippen LogP contribution in [-0.2, 0) is 18.4 Å². The molecule has 0 bridgehead atoms. The zero-order chi connectivity index (χ0) is 21.3. The molecule has 2 heterocycles. The van der Waals surface area contributed by atoms with Crippen LogP contribution in [0.4, 0.5) is 0 Å². The molecule has 1 unspecified atom stereocenters. The molecule has 152 valence electrons. The third kappa shape index (κ3) is 4.09. The third-order valence-corrected chi connectivity index (χ3v) is 5.66. The van der Waals surface area contributed by atoms with Gasteiger partial charge in [-0.15, -0.1) is 0 Å². The van der Waals surface area contributed by atoms with E-state index in [1.807, 2.05) is 32.0 Å². The number of fused-ring (bicyclic) bond motifs is 1. The Hall–Kier alpha value is -2.94. The molecule has 9 heteroatoms. The minimum absolute atomic E-state index is 0.169. The second-order valence-corrected chi connectivity index (χ2v) is 8.33. The monoisotopic (exact) mass is 413 g/mol. The first-order valence-corrected chi connectivity index (χ1v) is 10.1. The molecule has 0 saturated carbocycles. The minimum atomic E-state index is -0.733. The van der Waals surface area contributed by atoms with E-state index in [9.17, 15) is 14.4 Å². The summed E-state index contributed by atoms with van der Waals surface area (Å²) in [6.45, 7) is 6.05. The highest BCUT2D eigenvalue weighted by molar-refractivity contribution is 8.00. The quantitative estimate of drug-likeness (QED) is 0.487. The summed E-state index contributed by atoms with van der Waals surface area (Å²) in [7, 11) is 1.43. The van der Waals surface area contributed by atoms with Gasteiger partial charge in [-0.3, -0.25) is 18.7 Å². The molecule has 3 rings (SSSR count). The lowest BCUT2D eigenvalue weighted by atomic mass is 10.1. The first-order chi connectivity index (χ1) is 13.7. The van der Waals surface area contributed by atoms with E-state index in [0.29, 0.717) is 23.0 Å². The summed E-state index contributed by atoms with van der Waals surface area (Å²) in [5, 5.41) is -0.187. The van der Waals surface area contributed by atoms with E-state index < -0.39 is 22.4 Å². The summed E-state index contributed by atoms with van der Waals surface area (Å²) < 4.78 is 2.54. The number of nitrogens with two attached hydrogens (primary N) is 1. The number of amides is 1. The standard InChI is InChI=1S/C20H23N5O3S/c1-11(2)10-25-17-14(19(27)24(4)20(25)28)18(23-12(3)22-17)29-15(16(21)26)13-8-6-5-7-9-13/h5-9,11,15H,10H2,1-4H3,(H2,21,26). The highest BCUT2D eigenvalue weighted by Gasteiger charge is 2.25. The Morgan fingerprint density at radius 1 is 1.17 bits per heavy atom. The van der Waals surface area contributed by atoms with Crippen LogP contribution in [0.15, 0.2) is 44.9 Å². The molecule has 0 spiro atoms. The van der Waals surface area contributed by atoms with E-state index in [4.69, 9.17) is 5.73 Å². The maximum absolute atomic E-state index is 12.9. The van der Waals surface area contributed by atoms with Crippen LogP contribution in [0.5, 0.6) is 0 Å². The van der Waals surface area contributed by atoms with Crippen molar-refractivity contribution in [2.75, 3.05) is 0 Å². The van der Waals surface area contributed by atoms with Gasteiger partial charge in [0.25, 0.3) is 5.56 Å². The van der Waals surface area contributed by atoms with E-state index in [1.165, 1.54) is 11.6 Å². The molecule has 0 fully saturated rings. The summed E-state index contributed by atoms with van der Waals surface area (Å²) >= 11 is 1.10. The maximum atomic E-state index is 12.9. The molecular weight excluding hydrogens is 390 g/mol. The number of nitrogens with zero attached hydrogens (tertiary/aromatic N) is 4. The first kappa shape index (κ1) is 20.8. The van der Waals surface area contributed by atoms with Crippen molar-refractivity contribution in [1.82, 2.24) is 19.1 Å². The van der Waals surface area contributed by atoms with Gasteiger partial charge in [0, 0.05) is 13.6 Å². The molecule has 0 radical (unpaired) electrons. The Bertz CT molecular complexity index is 1180. The highest BCUT2D eigenvalue weighted by atomic mass is 32.2. The van der Waals surface area contributed by atoms with Gasteiger partial charge in [-0.05, 0) is 18.4 Å². The highest BCUT2D eigenvalue weighted by Crippen LogP contribution is 2.36. The lowest BCUT2D eigenvalue weighted by molar-refractivity contribution is -0.117. The predicted molar refractivity (Wildman–Crippen MR) is 113 cm³/mol. The van der Waals surface area contributed by atoms with Crippen LogP contribution in [0.25, 0.3) is 11.0 Å². The molecule has 1 atom stereocenters. The molecule has 8 nitrogen and oxygen atoms in total. The first-order valence-electron chi connectivity index (χ1n) is 9.19. The second-order valence-electron chi connectivity index (χ2n) is 7.24. The Morgan fingerprint density at radius 3 is 2.41 bits per heavy atom. The second kappa shape index (κ2) is 8.20. The third-order valence-electron chi connectivity index (χ3n) is 4.40. The predicted octanol–water partition coefficient (Wildman–Crippen LogP) is 1.77. The van der Waals surface area contributed by atoms with E-state index in [-0.39, 0.29) is 17.0 Å². The van der Waals surface area contributed by atoms with Crippen LogP contribution in [0.3, 0.4) is 0 Å². The Kier molecular flexibility index (Phi) is 5.88. The average Bonchev–Trinajstić information content (AvgIpc) is 2.67. The number of thioether (sulfide) groups is 1. The van der Waals surface area contributed by atoms with Gasteiger partial charge >= 0.3 is 5.69 Å². The molecule has 0 aliphatic rings. The fourth-order valence-electron chi connectivity index (χ4n) is 3.09. The lowest BCUT2D eigenvalue weighted by Gasteiger charge is -2.17. The van der Waals surface area contributed by atoms with Crippen molar-refractivity contribution >= 4 is 28.7 Å². The number of primary amides is 1. The number of rotatable bonds is 6. The number of aryl methyl sites for hydroxylation is 1. The fraction of sp³-hybridized carbons (Fsp3) is 0.350. The van der Waals surface area contributed by atoms with Crippen LogP contribution in [0.2, 0.25) is 0 Å². The SMILES string of the molecule is Cc1nc(SC(C(N)=O)c2ccccc2)c2c(=O)n(C)c(=O)n(CC(C)C)c2n1. The molecule has 2 aromatic heterocycles. The van der Waals surface area contributed by atoms with E-state index >= 15 is 0 Å². The molecule has 0 aliphatic carbocycles. The maximum Gasteiger partial charge on any atom is 0.332 e. The van der Waals surface area contributed by atoms with Gasteiger partial charge in [0.05, 0.1) is 0 Å². The zero-order valence-electron chi connectivity index (χ0n) is 16.7. The Labute approximate surface area is 171 Å². The Balaban J connectivity index is 2.28. The smallest absolute Gasteiger partial charge is 0.332 e. The minimum Gasteiger partial charge on any atom is -0.368 e. The van der Waals surface area contributed by atoms with Crippen LogP contribution < -0.4 is 17.0 Å². The zero-order valence-corrected chi connectivity index (χ0v) is 17.6. The van der Waals surface area contributed by atoms with Crippen molar-refractivity contribution in [2.24, 2.45) is 18.7 Å². The molecule has 1 amide bonds. The van der Waals surface area contributed by atoms with E-state index in [1.54, 1.807) is 19.1 Å². The number of carbonyl (C=O) groups is 1. The molecule has 1 aromatic carbocycles. The van der Waals surface area contributed by atoms with Gasteiger partial charge in [-0.25, -0.2) is 14.8 Å². The molecule has 0 aliphatic heterocycles.